The molecule has 7 nitrogen and oxygen atoms in total. The molecule has 2 aromatic rings. The average molecular weight is 323 g/mol. The summed E-state index contributed by atoms with van der Waals surface area (Å²) in [6, 6.07) is 7.71. The normalized spacial score (nSPS) is 11.4. The van der Waals surface area contributed by atoms with Gasteiger partial charge < -0.3 is 9.84 Å². The summed E-state index contributed by atoms with van der Waals surface area (Å²) in [5.41, 5.74) is 1.24. The van der Waals surface area contributed by atoms with Gasteiger partial charge in [-0.3, -0.25) is 4.79 Å². The van der Waals surface area contributed by atoms with E-state index in [0.29, 0.717) is 23.6 Å². The largest absolute Gasteiger partial charge is 0.361 e. The molecule has 22 heavy (non-hydrogen) atoms. The molecule has 0 aliphatic carbocycles. The molecule has 0 fully saturated rings. The monoisotopic (exact) mass is 323 g/mol. The summed E-state index contributed by atoms with van der Waals surface area (Å²) in [6.45, 7) is 3.39. The van der Waals surface area contributed by atoms with Crippen molar-refractivity contribution in [3.63, 3.8) is 0 Å². The van der Waals surface area contributed by atoms with Gasteiger partial charge in [-0.05, 0) is 31.2 Å². The Kier molecular flexibility index (Phi) is 4.94. The standard InChI is InChI=1S/C14H17N3O4S/c1-10-9-13(17-21-10)7-8-15-22(19,20)14-5-3-12(4-6-14)16-11(2)18/h3-6,9,15H,7-8H2,1-2H3,(H,16,18). The molecule has 1 amide bonds. The minimum atomic E-state index is -3.59. The molecular formula is C14H17N3O4S. The van der Waals surface area contributed by atoms with E-state index in [2.05, 4.69) is 15.2 Å². The van der Waals surface area contributed by atoms with Crippen molar-refractivity contribution in [3.8, 4) is 0 Å². The lowest BCUT2D eigenvalue weighted by molar-refractivity contribution is -0.114. The molecule has 1 aromatic heterocycles. The Labute approximate surface area is 128 Å². The third-order valence-electron chi connectivity index (χ3n) is 2.83. The zero-order valence-electron chi connectivity index (χ0n) is 12.3. The summed E-state index contributed by atoms with van der Waals surface area (Å²) in [5.74, 6) is 0.475. The lowest BCUT2D eigenvalue weighted by Gasteiger charge is -2.07. The first-order chi connectivity index (χ1) is 10.4. The van der Waals surface area contributed by atoms with Gasteiger partial charge in [-0.2, -0.15) is 0 Å². The minimum absolute atomic E-state index is 0.137. The van der Waals surface area contributed by atoms with Gasteiger partial charge in [0.1, 0.15) is 5.76 Å². The van der Waals surface area contributed by atoms with Crippen molar-refractivity contribution in [2.75, 3.05) is 11.9 Å². The first-order valence-electron chi connectivity index (χ1n) is 6.66. The van der Waals surface area contributed by atoms with Crippen LogP contribution < -0.4 is 10.0 Å². The van der Waals surface area contributed by atoms with E-state index < -0.39 is 10.0 Å². The molecule has 2 N–H and O–H groups in total. The Morgan fingerprint density at radius 3 is 2.50 bits per heavy atom. The Morgan fingerprint density at radius 2 is 1.95 bits per heavy atom. The van der Waals surface area contributed by atoms with Gasteiger partial charge in [-0.15, -0.1) is 0 Å². The number of carbonyl (C=O) groups excluding carboxylic acids is 1. The number of rotatable bonds is 6. The fourth-order valence-corrected chi connectivity index (χ4v) is 2.89. The summed E-state index contributed by atoms with van der Waals surface area (Å²) in [7, 11) is -3.59. The highest BCUT2D eigenvalue weighted by molar-refractivity contribution is 7.89. The molecule has 0 spiro atoms. The topological polar surface area (TPSA) is 101 Å². The highest BCUT2D eigenvalue weighted by Gasteiger charge is 2.13. The number of nitrogens with zero attached hydrogens (tertiary/aromatic N) is 1. The number of amides is 1. The Balaban J connectivity index is 1.96. The molecule has 0 saturated carbocycles. The van der Waals surface area contributed by atoms with Crippen LogP contribution in [0, 0.1) is 6.92 Å². The van der Waals surface area contributed by atoms with E-state index in [1.54, 1.807) is 13.0 Å². The number of benzene rings is 1. The van der Waals surface area contributed by atoms with Gasteiger partial charge in [0.15, 0.2) is 0 Å². The predicted molar refractivity (Wildman–Crippen MR) is 80.9 cm³/mol. The van der Waals surface area contributed by atoms with E-state index in [-0.39, 0.29) is 17.3 Å². The molecule has 1 aromatic carbocycles. The van der Waals surface area contributed by atoms with Crippen LogP contribution in [0.3, 0.4) is 0 Å². The number of carbonyl (C=O) groups is 1. The van der Waals surface area contributed by atoms with E-state index in [1.165, 1.54) is 31.2 Å². The number of aromatic nitrogens is 1. The quantitative estimate of drug-likeness (QED) is 0.838. The smallest absolute Gasteiger partial charge is 0.240 e. The molecular weight excluding hydrogens is 306 g/mol. The number of hydrogen-bond acceptors (Lipinski definition) is 5. The SMILES string of the molecule is CC(=O)Nc1ccc(S(=O)(=O)NCCc2cc(C)on2)cc1. The van der Waals surface area contributed by atoms with Crippen LogP contribution in [0.4, 0.5) is 5.69 Å². The highest BCUT2D eigenvalue weighted by atomic mass is 32.2. The van der Waals surface area contributed by atoms with Crippen LogP contribution in [0.2, 0.25) is 0 Å². The second kappa shape index (κ2) is 6.71. The Bertz CT molecular complexity index is 751. The van der Waals surface area contributed by atoms with Crippen LogP contribution in [0.15, 0.2) is 39.8 Å². The zero-order chi connectivity index (χ0) is 16.2. The predicted octanol–water partition coefficient (Wildman–Crippen LogP) is 1.46. The third-order valence-corrected chi connectivity index (χ3v) is 4.31. The molecule has 0 radical (unpaired) electrons. The van der Waals surface area contributed by atoms with Crippen LogP contribution in [0.5, 0.6) is 0 Å². The third kappa shape index (κ3) is 4.40. The highest BCUT2D eigenvalue weighted by Crippen LogP contribution is 2.14. The van der Waals surface area contributed by atoms with Crippen molar-refractivity contribution >= 4 is 21.6 Å². The molecule has 0 atom stereocenters. The van der Waals surface area contributed by atoms with Crippen LogP contribution in [-0.4, -0.2) is 26.0 Å². The molecule has 0 unspecified atom stereocenters. The van der Waals surface area contributed by atoms with E-state index in [1.807, 2.05) is 0 Å². The molecule has 0 aliphatic rings. The molecule has 0 saturated heterocycles. The van der Waals surface area contributed by atoms with Crippen molar-refractivity contribution in [2.45, 2.75) is 25.2 Å². The molecule has 0 aliphatic heterocycles. The van der Waals surface area contributed by atoms with Gasteiger partial charge in [0, 0.05) is 31.6 Å². The molecule has 118 valence electrons. The summed E-state index contributed by atoms with van der Waals surface area (Å²) in [6.07, 6.45) is 0.445. The Morgan fingerprint density at radius 1 is 1.27 bits per heavy atom. The van der Waals surface area contributed by atoms with Crippen LogP contribution in [0.1, 0.15) is 18.4 Å². The lowest BCUT2D eigenvalue weighted by Crippen LogP contribution is -2.26. The van der Waals surface area contributed by atoms with Crippen molar-refractivity contribution in [3.05, 3.63) is 41.8 Å². The van der Waals surface area contributed by atoms with E-state index in [9.17, 15) is 13.2 Å². The van der Waals surface area contributed by atoms with Gasteiger partial charge in [-0.25, -0.2) is 13.1 Å². The summed E-state index contributed by atoms with van der Waals surface area (Å²) in [5, 5.41) is 6.37. The van der Waals surface area contributed by atoms with Gasteiger partial charge >= 0.3 is 0 Å². The zero-order valence-corrected chi connectivity index (χ0v) is 13.1. The maximum atomic E-state index is 12.1. The maximum Gasteiger partial charge on any atom is 0.240 e. The summed E-state index contributed by atoms with van der Waals surface area (Å²) in [4.78, 5) is 11.1. The average Bonchev–Trinajstić information content (AvgIpc) is 2.84. The maximum absolute atomic E-state index is 12.1. The molecule has 2 rings (SSSR count). The van der Waals surface area contributed by atoms with Crippen LogP contribution >= 0.6 is 0 Å². The first-order valence-corrected chi connectivity index (χ1v) is 8.14. The van der Waals surface area contributed by atoms with Gasteiger partial charge in [0.2, 0.25) is 15.9 Å². The Hall–Kier alpha value is -2.19. The summed E-state index contributed by atoms with van der Waals surface area (Å²) >= 11 is 0. The minimum Gasteiger partial charge on any atom is -0.361 e. The van der Waals surface area contributed by atoms with Crippen molar-refractivity contribution in [1.82, 2.24) is 9.88 Å². The summed E-state index contributed by atoms with van der Waals surface area (Å²) < 4.78 is 31.6. The van der Waals surface area contributed by atoms with Gasteiger partial charge in [-0.1, -0.05) is 5.16 Å². The number of aryl methyl sites for hydroxylation is 1. The second-order valence-electron chi connectivity index (χ2n) is 4.78. The fraction of sp³-hybridized carbons (Fsp3) is 0.286. The lowest BCUT2D eigenvalue weighted by atomic mass is 10.3. The van der Waals surface area contributed by atoms with E-state index in [0.717, 1.165) is 0 Å². The number of hydrogen-bond donors (Lipinski definition) is 2. The van der Waals surface area contributed by atoms with E-state index >= 15 is 0 Å². The van der Waals surface area contributed by atoms with Crippen LogP contribution in [-0.2, 0) is 21.2 Å². The molecule has 0 bridgehead atoms. The number of anilines is 1. The van der Waals surface area contributed by atoms with Crippen molar-refractivity contribution < 1.29 is 17.7 Å². The van der Waals surface area contributed by atoms with Gasteiger partial charge in [0.25, 0.3) is 0 Å². The van der Waals surface area contributed by atoms with Gasteiger partial charge in [0.05, 0.1) is 10.6 Å². The van der Waals surface area contributed by atoms with Crippen LogP contribution in [0.25, 0.3) is 0 Å². The number of sulfonamides is 1. The van der Waals surface area contributed by atoms with Crippen molar-refractivity contribution in [2.24, 2.45) is 0 Å². The van der Waals surface area contributed by atoms with Crippen molar-refractivity contribution in [1.29, 1.82) is 0 Å². The van der Waals surface area contributed by atoms with E-state index in [4.69, 9.17) is 4.52 Å². The number of nitrogens with one attached hydrogen (secondary N) is 2. The fourth-order valence-electron chi connectivity index (χ4n) is 1.85. The first kappa shape index (κ1) is 16.2. The molecule has 8 heteroatoms. The molecule has 1 heterocycles. The second-order valence-corrected chi connectivity index (χ2v) is 6.55.